The Bertz CT molecular complexity index is 416. The maximum Gasteiger partial charge on any atom is 0.331 e. The highest BCUT2D eigenvalue weighted by atomic mass is 31.2. The average molecular weight is 421 g/mol. The summed E-state index contributed by atoms with van der Waals surface area (Å²) < 4.78 is 11.2. The van der Waals surface area contributed by atoms with Crippen LogP contribution in [0.1, 0.15) is 96.9 Å². The van der Waals surface area contributed by atoms with Crippen LogP contribution in [-0.4, -0.2) is 49.5 Å². The first kappa shape index (κ1) is 27.2. The monoisotopic (exact) mass is 420 g/mol. The van der Waals surface area contributed by atoms with Crippen molar-refractivity contribution < 1.29 is 9.32 Å². The minimum Gasteiger partial charge on any atom is -0.410 e. The fraction of sp³-hybridized carbons (Fsp3) is 0.952. The standard InChI is InChI=1S/C21H46N2O2P2/c1-15(2)22(16(3)4)27(23(17(5)6)18(7)8)25-19(24)26(20(9,10)11)21(12,13)14/h15-18H,1-14H3. The highest BCUT2D eigenvalue weighted by Crippen LogP contribution is 2.63. The van der Waals surface area contributed by atoms with Gasteiger partial charge in [0.25, 0.3) is 8.45 Å². The summed E-state index contributed by atoms with van der Waals surface area (Å²) in [6.07, 6.45) is 0. The third-order valence-electron chi connectivity index (χ3n) is 4.20. The van der Waals surface area contributed by atoms with E-state index in [1.807, 2.05) is 0 Å². The van der Waals surface area contributed by atoms with Gasteiger partial charge < -0.3 is 4.52 Å². The molecule has 0 unspecified atom stereocenters. The van der Waals surface area contributed by atoms with Gasteiger partial charge in [-0.25, -0.2) is 14.1 Å². The normalized spacial score (nSPS) is 14.1. The van der Waals surface area contributed by atoms with E-state index in [4.69, 9.17) is 4.52 Å². The van der Waals surface area contributed by atoms with Gasteiger partial charge in [0.2, 0.25) is 0 Å². The van der Waals surface area contributed by atoms with Gasteiger partial charge in [0, 0.05) is 32.1 Å². The zero-order valence-corrected chi connectivity index (χ0v) is 22.2. The number of hydrogen-bond acceptors (Lipinski definition) is 4. The van der Waals surface area contributed by atoms with E-state index in [0.717, 1.165) is 0 Å². The first-order valence-corrected chi connectivity index (χ1v) is 12.8. The maximum atomic E-state index is 13.5. The van der Waals surface area contributed by atoms with Crippen LogP contribution in [0.3, 0.4) is 0 Å². The zero-order valence-electron chi connectivity index (χ0n) is 20.4. The number of rotatable bonds is 8. The molecule has 0 aromatic heterocycles. The van der Waals surface area contributed by atoms with Crippen LogP contribution in [0.15, 0.2) is 0 Å². The van der Waals surface area contributed by atoms with Gasteiger partial charge in [0.05, 0.1) is 0 Å². The molecule has 0 saturated carbocycles. The highest BCUT2D eigenvalue weighted by Gasteiger charge is 2.45. The second kappa shape index (κ2) is 10.3. The summed E-state index contributed by atoms with van der Waals surface area (Å²) in [5, 5.41) is -0.181. The zero-order chi connectivity index (χ0) is 21.9. The number of nitrogens with zero attached hydrogens (tertiary/aromatic N) is 2. The Morgan fingerprint density at radius 1 is 0.667 bits per heavy atom. The number of carbonyl (C=O) groups excluding carboxylic acids is 1. The van der Waals surface area contributed by atoms with Crippen molar-refractivity contribution in [1.29, 1.82) is 0 Å². The Morgan fingerprint density at radius 2 is 0.926 bits per heavy atom. The van der Waals surface area contributed by atoms with Gasteiger partial charge in [-0.05, 0) is 65.7 Å². The lowest BCUT2D eigenvalue weighted by Gasteiger charge is -2.46. The van der Waals surface area contributed by atoms with Gasteiger partial charge in [-0.15, -0.1) is 0 Å². The third-order valence-corrected chi connectivity index (χ3v) is 10.4. The molecule has 0 aromatic rings. The van der Waals surface area contributed by atoms with Crippen molar-refractivity contribution in [3.05, 3.63) is 0 Å². The first-order chi connectivity index (χ1) is 11.9. The molecular weight excluding hydrogens is 374 g/mol. The van der Waals surface area contributed by atoms with E-state index in [9.17, 15) is 4.79 Å². The summed E-state index contributed by atoms with van der Waals surface area (Å²) >= 11 is 0. The lowest BCUT2D eigenvalue weighted by molar-refractivity contribution is 0.191. The Hall–Kier alpha value is 0.250. The van der Waals surface area contributed by atoms with E-state index >= 15 is 0 Å². The van der Waals surface area contributed by atoms with Crippen molar-refractivity contribution in [2.24, 2.45) is 0 Å². The first-order valence-electron chi connectivity index (χ1n) is 10.3. The molecule has 0 saturated heterocycles. The van der Waals surface area contributed by atoms with Crippen molar-refractivity contribution in [1.82, 2.24) is 9.34 Å². The van der Waals surface area contributed by atoms with E-state index < -0.39 is 16.4 Å². The Balaban J connectivity index is 6.13. The van der Waals surface area contributed by atoms with Crippen molar-refractivity contribution >= 4 is 22.1 Å². The van der Waals surface area contributed by atoms with Crippen molar-refractivity contribution in [2.45, 2.75) is 131 Å². The van der Waals surface area contributed by atoms with E-state index in [1.54, 1.807) is 0 Å². The molecule has 0 rings (SSSR count). The second-order valence-electron chi connectivity index (χ2n) is 10.4. The lowest BCUT2D eigenvalue weighted by Crippen LogP contribution is -2.44. The van der Waals surface area contributed by atoms with E-state index in [1.165, 1.54) is 0 Å². The molecule has 0 aliphatic heterocycles. The second-order valence-corrected chi connectivity index (χ2v) is 15.8. The fourth-order valence-corrected chi connectivity index (χ4v) is 9.66. The number of hydrogen-bond donors (Lipinski definition) is 0. The molecule has 0 N–H and O–H groups in total. The molecule has 4 nitrogen and oxygen atoms in total. The molecule has 0 aliphatic carbocycles. The summed E-state index contributed by atoms with van der Waals surface area (Å²) in [6, 6.07) is 1.22. The van der Waals surface area contributed by atoms with Gasteiger partial charge in [0.1, 0.15) is 0 Å². The summed E-state index contributed by atoms with van der Waals surface area (Å²) in [5.74, 6) is 0. The van der Waals surface area contributed by atoms with Crippen molar-refractivity contribution in [2.75, 3.05) is 0 Å². The minimum atomic E-state index is -1.18. The predicted molar refractivity (Wildman–Crippen MR) is 124 cm³/mol. The maximum absolute atomic E-state index is 13.5. The Kier molecular flexibility index (Phi) is 10.4. The quantitative estimate of drug-likeness (QED) is 0.377. The molecule has 0 fully saturated rings. The van der Waals surface area contributed by atoms with Gasteiger partial charge >= 0.3 is 5.71 Å². The minimum absolute atomic E-state index is 0.00582. The van der Waals surface area contributed by atoms with E-state index in [0.29, 0.717) is 24.2 Å². The molecule has 0 aliphatic rings. The topological polar surface area (TPSA) is 32.8 Å². The Labute approximate surface area is 172 Å². The summed E-state index contributed by atoms with van der Waals surface area (Å²) in [6.45, 7) is 30.5. The summed E-state index contributed by atoms with van der Waals surface area (Å²) in [5.41, 5.74) is -0.00582. The van der Waals surface area contributed by atoms with Crippen LogP contribution in [0, 0.1) is 0 Å². The molecule has 0 amide bonds. The SMILES string of the molecule is CC(C)N(C(C)C)P(OC(=O)P(C(C)(C)C)C(C)(C)C)N(C(C)C)C(C)C. The Morgan fingerprint density at radius 3 is 1.11 bits per heavy atom. The molecule has 27 heavy (non-hydrogen) atoms. The van der Waals surface area contributed by atoms with Crippen LogP contribution in [0.2, 0.25) is 0 Å². The van der Waals surface area contributed by atoms with Crippen LogP contribution in [0.25, 0.3) is 0 Å². The third kappa shape index (κ3) is 7.88. The van der Waals surface area contributed by atoms with E-state index in [2.05, 4.69) is 106 Å². The molecule has 6 heteroatoms. The van der Waals surface area contributed by atoms with Crippen LogP contribution >= 0.6 is 16.4 Å². The molecule has 0 bridgehead atoms. The molecule has 0 atom stereocenters. The van der Waals surface area contributed by atoms with Gasteiger partial charge in [-0.3, -0.25) is 0 Å². The van der Waals surface area contributed by atoms with E-state index in [-0.39, 0.29) is 16.0 Å². The highest BCUT2D eigenvalue weighted by molar-refractivity contribution is 7.77. The molecule has 0 heterocycles. The van der Waals surface area contributed by atoms with Crippen LogP contribution in [0.5, 0.6) is 0 Å². The molecule has 0 spiro atoms. The van der Waals surface area contributed by atoms with Crippen LogP contribution in [-0.2, 0) is 4.52 Å². The lowest BCUT2D eigenvalue weighted by atomic mass is 10.2. The summed E-state index contributed by atoms with van der Waals surface area (Å²) in [4.78, 5) is 13.5. The van der Waals surface area contributed by atoms with Crippen molar-refractivity contribution in [3.8, 4) is 0 Å². The van der Waals surface area contributed by atoms with Gasteiger partial charge in [-0.1, -0.05) is 41.5 Å². The molecule has 0 radical (unpaired) electrons. The average Bonchev–Trinajstić information content (AvgIpc) is 2.31. The van der Waals surface area contributed by atoms with Gasteiger partial charge in [-0.2, -0.15) is 0 Å². The smallest absolute Gasteiger partial charge is 0.331 e. The molecular formula is C21H46N2O2P2. The predicted octanol–water partition coefficient (Wildman–Crippen LogP) is 7.67. The van der Waals surface area contributed by atoms with Crippen LogP contribution in [0.4, 0.5) is 4.79 Å². The molecule has 162 valence electrons. The van der Waals surface area contributed by atoms with Gasteiger partial charge in [0.15, 0.2) is 0 Å². The van der Waals surface area contributed by atoms with Crippen molar-refractivity contribution in [3.63, 3.8) is 0 Å². The summed E-state index contributed by atoms with van der Waals surface area (Å²) in [7, 11) is -2.14. The number of carbonyl (C=O) groups is 1. The van der Waals surface area contributed by atoms with Crippen LogP contribution < -0.4 is 0 Å². The fourth-order valence-electron chi connectivity index (χ4n) is 3.86. The molecule has 0 aromatic carbocycles. The largest absolute Gasteiger partial charge is 0.410 e.